The summed E-state index contributed by atoms with van der Waals surface area (Å²) >= 11 is 0. The Morgan fingerprint density at radius 1 is 0.524 bits per heavy atom. The van der Waals surface area contributed by atoms with Crippen molar-refractivity contribution in [2.75, 3.05) is 0 Å². The number of hydrogen-bond donors (Lipinski definition) is 0. The summed E-state index contributed by atoms with van der Waals surface area (Å²) in [6.07, 6.45) is -1.77. The highest BCUT2D eigenvalue weighted by Gasteiger charge is 2.43. The van der Waals surface area contributed by atoms with Crippen molar-refractivity contribution in [2.45, 2.75) is 79.8 Å². The Bertz CT molecular complexity index is 329. The molecule has 0 rings (SSSR count). The van der Waals surface area contributed by atoms with Gasteiger partial charge in [-0.15, -0.1) is 0 Å². The molecule has 0 radical (unpaired) electrons. The maximum absolute atomic E-state index is 12.6. The van der Waals surface area contributed by atoms with Crippen molar-refractivity contribution in [1.29, 1.82) is 0 Å². The SMILES string of the molecule is CC(C)OP(=O)(OC(C)C)OP(=O)(OC(C)C)OC(C)C. The lowest BCUT2D eigenvalue weighted by Gasteiger charge is -2.27. The molecule has 21 heavy (non-hydrogen) atoms. The molecule has 0 saturated carbocycles. The van der Waals surface area contributed by atoms with Gasteiger partial charge in [-0.1, -0.05) is 0 Å². The van der Waals surface area contributed by atoms with Crippen LogP contribution in [0.4, 0.5) is 0 Å². The third-order valence-corrected chi connectivity index (χ3v) is 5.88. The van der Waals surface area contributed by atoms with E-state index in [0.717, 1.165) is 0 Å². The fourth-order valence-corrected chi connectivity index (χ4v) is 5.04. The highest BCUT2D eigenvalue weighted by molar-refractivity contribution is 7.62. The van der Waals surface area contributed by atoms with E-state index >= 15 is 0 Å². The smallest absolute Gasteiger partial charge is 0.284 e. The van der Waals surface area contributed by atoms with Gasteiger partial charge in [0.15, 0.2) is 0 Å². The van der Waals surface area contributed by atoms with Gasteiger partial charge in [0.2, 0.25) is 0 Å². The third kappa shape index (κ3) is 9.80. The maximum atomic E-state index is 12.6. The Kier molecular flexibility index (Phi) is 8.89. The van der Waals surface area contributed by atoms with Gasteiger partial charge in [0.1, 0.15) is 0 Å². The van der Waals surface area contributed by atoms with Crippen LogP contribution in [0.2, 0.25) is 0 Å². The molecule has 0 N–H and O–H groups in total. The minimum absolute atomic E-state index is 0.443. The first-order valence-corrected chi connectivity index (χ1v) is 9.94. The topological polar surface area (TPSA) is 80.3 Å². The quantitative estimate of drug-likeness (QED) is 0.519. The van der Waals surface area contributed by atoms with E-state index in [9.17, 15) is 9.13 Å². The zero-order valence-electron chi connectivity index (χ0n) is 14.1. The first-order valence-electron chi connectivity index (χ1n) is 7.02. The molecule has 0 amide bonds. The van der Waals surface area contributed by atoms with Gasteiger partial charge in [0.05, 0.1) is 24.4 Å². The van der Waals surface area contributed by atoms with Crippen molar-refractivity contribution < 1.29 is 31.5 Å². The van der Waals surface area contributed by atoms with E-state index in [1.165, 1.54) is 0 Å². The third-order valence-electron chi connectivity index (χ3n) is 1.56. The van der Waals surface area contributed by atoms with Gasteiger partial charge in [-0.3, -0.25) is 18.1 Å². The van der Waals surface area contributed by atoms with Crippen molar-refractivity contribution in [3.8, 4) is 0 Å². The molecule has 0 aromatic carbocycles. The lowest BCUT2D eigenvalue weighted by Crippen LogP contribution is -2.14. The van der Waals surface area contributed by atoms with Gasteiger partial charge < -0.3 is 0 Å². The Labute approximate surface area is 127 Å². The van der Waals surface area contributed by atoms with Crippen LogP contribution >= 0.6 is 15.6 Å². The standard InChI is InChI=1S/C12H28O7P2/c1-9(2)15-20(13,16-10(3)4)19-21(14,17-11(5)6)18-12(7)8/h9-12H,1-8H3. The van der Waals surface area contributed by atoms with E-state index < -0.39 is 40.1 Å². The van der Waals surface area contributed by atoms with Gasteiger partial charge in [0, 0.05) is 0 Å². The van der Waals surface area contributed by atoms with Gasteiger partial charge >= 0.3 is 15.6 Å². The van der Waals surface area contributed by atoms with Crippen molar-refractivity contribution in [2.24, 2.45) is 0 Å². The van der Waals surface area contributed by atoms with Gasteiger partial charge in [-0.25, -0.2) is 9.13 Å². The largest absolute Gasteiger partial charge is 0.484 e. The van der Waals surface area contributed by atoms with Crippen LogP contribution in [0.1, 0.15) is 55.4 Å². The molecule has 0 fully saturated rings. The summed E-state index contributed by atoms with van der Waals surface area (Å²) in [5.74, 6) is 0. The summed E-state index contributed by atoms with van der Waals surface area (Å²) in [5.41, 5.74) is 0. The van der Waals surface area contributed by atoms with Crippen LogP contribution in [-0.4, -0.2) is 24.4 Å². The van der Waals surface area contributed by atoms with Crippen LogP contribution in [0.5, 0.6) is 0 Å². The molecule has 0 unspecified atom stereocenters. The molecule has 7 nitrogen and oxygen atoms in total. The lowest BCUT2D eigenvalue weighted by atomic mass is 10.5. The molecule has 9 heteroatoms. The molecular weight excluding hydrogens is 318 g/mol. The number of rotatable bonds is 10. The first kappa shape index (κ1) is 21.3. The number of hydrogen-bond acceptors (Lipinski definition) is 7. The second kappa shape index (κ2) is 8.78. The zero-order valence-corrected chi connectivity index (χ0v) is 15.9. The summed E-state index contributed by atoms with van der Waals surface area (Å²) in [6.45, 7) is 13.3. The summed E-state index contributed by atoms with van der Waals surface area (Å²) in [5, 5.41) is 0. The van der Waals surface area contributed by atoms with Crippen molar-refractivity contribution >= 4 is 15.6 Å². The number of phosphoric acid groups is 2. The van der Waals surface area contributed by atoms with Gasteiger partial charge in [-0.05, 0) is 55.4 Å². The zero-order chi connectivity index (χ0) is 16.8. The monoisotopic (exact) mass is 346 g/mol. The minimum Gasteiger partial charge on any atom is -0.284 e. The van der Waals surface area contributed by atoms with E-state index in [2.05, 4.69) is 0 Å². The second-order valence-corrected chi connectivity index (χ2v) is 8.88. The van der Waals surface area contributed by atoms with Crippen LogP contribution in [0, 0.1) is 0 Å². The van der Waals surface area contributed by atoms with Gasteiger partial charge in [-0.2, -0.15) is 4.31 Å². The van der Waals surface area contributed by atoms with Crippen molar-refractivity contribution in [1.82, 2.24) is 0 Å². The van der Waals surface area contributed by atoms with Crippen LogP contribution < -0.4 is 0 Å². The lowest BCUT2D eigenvalue weighted by molar-refractivity contribution is 0.0629. The van der Waals surface area contributed by atoms with Crippen molar-refractivity contribution in [3.05, 3.63) is 0 Å². The Morgan fingerprint density at radius 2 is 0.714 bits per heavy atom. The first-order chi connectivity index (χ1) is 9.37. The van der Waals surface area contributed by atoms with E-state index in [1.54, 1.807) is 55.4 Å². The van der Waals surface area contributed by atoms with E-state index in [4.69, 9.17) is 22.4 Å². The molecule has 0 atom stereocenters. The summed E-state index contributed by atoms with van der Waals surface area (Å²) in [4.78, 5) is 0. The molecule has 0 aliphatic heterocycles. The Hall–Kier alpha value is 0.260. The van der Waals surface area contributed by atoms with Crippen LogP contribution in [-0.2, 0) is 31.5 Å². The van der Waals surface area contributed by atoms with Crippen molar-refractivity contribution in [3.63, 3.8) is 0 Å². The maximum Gasteiger partial charge on any atom is 0.484 e. The van der Waals surface area contributed by atoms with E-state index in [0.29, 0.717) is 0 Å². The summed E-state index contributed by atoms with van der Waals surface area (Å²) in [6, 6.07) is 0. The highest BCUT2D eigenvalue weighted by atomic mass is 31.3. The molecule has 128 valence electrons. The summed E-state index contributed by atoms with van der Waals surface area (Å²) in [7, 11) is -8.16. The minimum atomic E-state index is -4.08. The molecule has 0 spiro atoms. The second-order valence-electron chi connectivity index (χ2n) is 5.59. The fraction of sp³-hybridized carbons (Fsp3) is 1.00. The van der Waals surface area contributed by atoms with Gasteiger partial charge in [0.25, 0.3) is 0 Å². The average molecular weight is 346 g/mol. The molecule has 0 bridgehead atoms. The molecule has 0 aliphatic carbocycles. The molecule has 0 saturated heterocycles. The highest BCUT2D eigenvalue weighted by Crippen LogP contribution is 2.67. The predicted octanol–water partition coefficient (Wildman–Crippen LogP) is 4.92. The van der Waals surface area contributed by atoms with Crippen LogP contribution in [0.15, 0.2) is 0 Å². The molecule has 0 aromatic rings. The average Bonchev–Trinajstić information content (AvgIpc) is 2.07. The fourth-order valence-electron chi connectivity index (χ4n) is 1.28. The molecular formula is C12H28O7P2. The normalized spacial score (nSPS) is 13.9. The van der Waals surface area contributed by atoms with Crippen LogP contribution in [0.3, 0.4) is 0 Å². The number of phosphoric ester groups is 2. The predicted molar refractivity (Wildman–Crippen MR) is 81.2 cm³/mol. The summed E-state index contributed by atoms with van der Waals surface area (Å²) < 4.78 is 51.1. The molecule has 0 heterocycles. The molecule has 0 aromatic heterocycles. The molecule has 0 aliphatic rings. The Morgan fingerprint density at radius 3 is 0.857 bits per heavy atom. The van der Waals surface area contributed by atoms with Crippen LogP contribution in [0.25, 0.3) is 0 Å². The van der Waals surface area contributed by atoms with E-state index in [1.807, 2.05) is 0 Å². The van der Waals surface area contributed by atoms with E-state index in [-0.39, 0.29) is 0 Å². The Balaban J connectivity index is 5.29.